The predicted molar refractivity (Wildman–Crippen MR) is 66.7 cm³/mol. The lowest BCUT2D eigenvalue weighted by Crippen LogP contribution is -2.21. The molecule has 0 bridgehead atoms. The Morgan fingerprint density at radius 1 is 1.41 bits per heavy atom. The molecule has 1 unspecified atom stereocenters. The molecule has 0 saturated carbocycles. The Labute approximate surface area is 101 Å². The smallest absolute Gasteiger partial charge is 0.110 e. The Bertz CT molecular complexity index is 477. The van der Waals surface area contributed by atoms with Crippen molar-refractivity contribution in [1.82, 2.24) is 24.6 Å². The Morgan fingerprint density at radius 2 is 2.18 bits per heavy atom. The third kappa shape index (κ3) is 2.39. The van der Waals surface area contributed by atoms with E-state index < -0.39 is 0 Å². The highest BCUT2D eigenvalue weighted by atomic mass is 15.3. The molecule has 1 atom stereocenters. The van der Waals surface area contributed by atoms with Crippen LogP contribution in [0.1, 0.15) is 23.3 Å². The fraction of sp³-hybridized carbons (Fsp3) is 0.500. The first-order chi connectivity index (χ1) is 8.11. The molecule has 0 aliphatic carbocycles. The van der Waals surface area contributed by atoms with Crippen LogP contribution in [0.4, 0.5) is 0 Å². The Morgan fingerprint density at radius 3 is 2.65 bits per heavy atom. The second-order valence-corrected chi connectivity index (χ2v) is 4.33. The van der Waals surface area contributed by atoms with Crippen LogP contribution in [0.15, 0.2) is 18.5 Å². The quantitative estimate of drug-likeness (QED) is 0.856. The van der Waals surface area contributed by atoms with Crippen molar-refractivity contribution >= 4 is 0 Å². The monoisotopic (exact) mass is 233 g/mol. The number of likely N-dealkylation sites (N-methyl/N-ethyl adjacent to an activating group) is 1. The van der Waals surface area contributed by atoms with Crippen LogP contribution in [0, 0.1) is 6.92 Å². The summed E-state index contributed by atoms with van der Waals surface area (Å²) in [5, 5.41) is 7.80. The standard InChI is InChI=1S/C12H19N5/c1-9-7-11(15-17(9)4)10(13-2)8-12-14-5-6-16(12)3/h5-7,10,13H,8H2,1-4H3. The van der Waals surface area contributed by atoms with E-state index in [1.165, 1.54) is 5.69 Å². The van der Waals surface area contributed by atoms with Gasteiger partial charge in [0.2, 0.25) is 0 Å². The van der Waals surface area contributed by atoms with Crippen LogP contribution in [0.2, 0.25) is 0 Å². The molecule has 92 valence electrons. The highest BCUT2D eigenvalue weighted by Crippen LogP contribution is 2.16. The van der Waals surface area contributed by atoms with Crippen molar-refractivity contribution in [1.29, 1.82) is 0 Å². The summed E-state index contributed by atoms with van der Waals surface area (Å²) in [6, 6.07) is 2.32. The molecule has 0 aromatic carbocycles. The molecule has 0 amide bonds. The Hall–Kier alpha value is -1.62. The summed E-state index contributed by atoms with van der Waals surface area (Å²) in [5.41, 5.74) is 2.23. The minimum Gasteiger partial charge on any atom is -0.338 e. The van der Waals surface area contributed by atoms with E-state index in [9.17, 15) is 0 Å². The zero-order valence-electron chi connectivity index (χ0n) is 10.8. The van der Waals surface area contributed by atoms with E-state index in [0.717, 1.165) is 17.9 Å². The predicted octanol–water partition coefficient (Wildman–Crippen LogP) is 0.965. The van der Waals surface area contributed by atoms with Crippen LogP contribution in [0.5, 0.6) is 0 Å². The van der Waals surface area contributed by atoms with Gasteiger partial charge >= 0.3 is 0 Å². The summed E-state index contributed by atoms with van der Waals surface area (Å²) in [6.45, 7) is 2.06. The van der Waals surface area contributed by atoms with Crippen molar-refractivity contribution in [2.24, 2.45) is 14.1 Å². The van der Waals surface area contributed by atoms with E-state index in [1.807, 2.05) is 42.8 Å². The minimum atomic E-state index is 0.205. The molecule has 2 rings (SSSR count). The normalized spacial score (nSPS) is 12.9. The summed E-state index contributed by atoms with van der Waals surface area (Å²) in [6.07, 6.45) is 4.63. The van der Waals surface area contributed by atoms with E-state index >= 15 is 0 Å². The maximum Gasteiger partial charge on any atom is 0.110 e. The van der Waals surface area contributed by atoms with E-state index in [0.29, 0.717) is 0 Å². The molecule has 5 heteroatoms. The zero-order valence-corrected chi connectivity index (χ0v) is 10.8. The maximum absolute atomic E-state index is 4.51. The first kappa shape index (κ1) is 11.9. The Balaban J connectivity index is 2.20. The van der Waals surface area contributed by atoms with E-state index in [4.69, 9.17) is 0 Å². The zero-order chi connectivity index (χ0) is 12.4. The molecule has 1 N–H and O–H groups in total. The molecule has 0 saturated heterocycles. The summed E-state index contributed by atoms with van der Waals surface area (Å²) in [5.74, 6) is 1.06. The SMILES string of the molecule is CNC(Cc1nccn1C)c1cc(C)n(C)n1. The third-order valence-corrected chi connectivity index (χ3v) is 3.15. The van der Waals surface area contributed by atoms with Gasteiger partial charge in [-0.15, -0.1) is 0 Å². The highest BCUT2D eigenvalue weighted by molar-refractivity contribution is 5.14. The van der Waals surface area contributed by atoms with Crippen LogP contribution >= 0.6 is 0 Å². The number of hydrogen-bond donors (Lipinski definition) is 1. The van der Waals surface area contributed by atoms with E-state index in [2.05, 4.69) is 28.4 Å². The van der Waals surface area contributed by atoms with Gasteiger partial charge in [-0.3, -0.25) is 4.68 Å². The second-order valence-electron chi connectivity index (χ2n) is 4.33. The molecule has 5 nitrogen and oxygen atoms in total. The lowest BCUT2D eigenvalue weighted by Gasteiger charge is -2.13. The van der Waals surface area contributed by atoms with Gasteiger partial charge in [0, 0.05) is 38.6 Å². The topological polar surface area (TPSA) is 47.7 Å². The summed E-state index contributed by atoms with van der Waals surface area (Å²) < 4.78 is 3.94. The van der Waals surface area contributed by atoms with Gasteiger partial charge < -0.3 is 9.88 Å². The number of hydrogen-bond acceptors (Lipinski definition) is 3. The van der Waals surface area contributed by atoms with Crippen molar-refractivity contribution < 1.29 is 0 Å². The largest absolute Gasteiger partial charge is 0.338 e. The van der Waals surface area contributed by atoms with Crippen molar-refractivity contribution in [3.05, 3.63) is 35.7 Å². The van der Waals surface area contributed by atoms with Gasteiger partial charge in [0.05, 0.1) is 11.7 Å². The highest BCUT2D eigenvalue weighted by Gasteiger charge is 2.16. The number of rotatable bonds is 4. The molecular weight excluding hydrogens is 214 g/mol. The fourth-order valence-corrected chi connectivity index (χ4v) is 1.89. The van der Waals surface area contributed by atoms with Crippen molar-refractivity contribution in [2.45, 2.75) is 19.4 Å². The van der Waals surface area contributed by atoms with Crippen LogP contribution in [0.25, 0.3) is 0 Å². The van der Waals surface area contributed by atoms with Crippen LogP contribution in [-0.2, 0) is 20.5 Å². The molecule has 17 heavy (non-hydrogen) atoms. The molecular formula is C12H19N5. The van der Waals surface area contributed by atoms with Crippen LogP contribution in [-0.4, -0.2) is 26.4 Å². The van der Waals surface area contributed by atoms with Gasteiger partial charge in [-0.25, -0.2) is 4.98 Å². The minimum absolute atomic E-state index is 0.205. The molecule has 0 spiro atoms. The first-order valence-corrected chi connectivity index (χ1v) is 5.76. The van der Waals surface area contributed by atoms with Gasteiger partial charge in [0.15, 0.2) is 0 Å². The second kappa shape index (κ2) is 4.71. The third-order valence-electron chi connectivity index (χ3n) is 3.15. The number of imidazole rings is 1. The molecule has 0 fully saturated rings. The molecule has 0 aliphatic rings. The van der Waals surface area contributed by atoms with E-state index in [-0.39, 0.29) is 6.04 Å². The lowest BCUT2D eigenvalue weighted by atomic mass is 10.1. The summed E-state index contributed by atoms with van der Waals surface area (Å²) in [7, 11) is 5.93. The molecule has 2 aromatic rings. The van der Waals surface area contributed by atoms with Gasteiger partial charge in [-0.1, -0.05) is 0 Å². The molecule has 0 aliphatic heterocycles. The summed E-state index contributed by atoms with van der Waals surface area (Å²) >= 11 is 0. The molecule has 2 heterocycles. The van der Waals surface area contributed by atoms with Gasteiger partial charge in [-0.05, 0) is 20.0 Å². The Kier molecular flexibility index (Phi) is 3.28. The van der Waals surface area contributed by atoms with Gasteiger partial charge in [-0.2, -0.15) is 5.10 Å². The number of aromatic nitrogens is 4. The maximum atomic E-state index is 4.51. The number of nitrogens with zero attached hydrogens (tertiary/aromatic N) is 4. The average molecular weight is 233 g/mol. The van der Waals surface area contributed by atoms with Gasteiger partial charge in [0.25, 0.3) is 0 Å². The number of aryl methyl sites for hydroxylation is 3. The van der Waals surface area contributed by atoms with Crippen molar-refractivity contribution in [3.63, 3.8) is 0 Å². The first-order valence-electron chi connectivity index (χ1n) is 5.76. The van der Waals surface area contributed by atoms with Crippen LogP contribution < -0.4 is 5.32 Å². The summed E-state index contributed by atoms with van der Waals surface area (Å²) in [4.78, 5) is 4.35. The van der Waals surface area contributed by atoms with Crippen molar-refractivity contribution in [3.8, 4) is 0 Å². The molecule has 0 radical (unpaired) electrons. The van der Waals surface area contributed by atoms with Crippen molar-refractivity contribution in [2.75, 3.05) is 7.05 Å². The average Bonchev–Trinajstić information content (AvgIpc) is 2.83. The number of nitrogens with one attached hydrogen (secondary N) is 1. The fourth-order valence-electron chi connectivity index (χ4n) is 1.89. The van der Waals surface area contributed by atoms with Gasteiger partial charge in [0.1, 0.15) is 5.82 Å². The molecule has 2 aromatic heterocycles. The van der Waals surface area contributed by atoms with E-state index in [1.54, 1.807) is 0 Å². The van der Waals surface area contributed by atoms with Crippen LogP contribution in [0.3, 0.4) is 0 Å². The lowest BCUT2D eigenvalue weighted by molar-refractivity contribution is 0.540.